The van der Waals surface area contributed by atoms with Gasteiger partial charge in [0.1, 0.15) is 5.82 Å². The molecule has 0 spiro atoms. The number of nitrogens with one attached hydrogen (secondary N) is 1. The fourth-order valence-electron chi connectivity index (χ4n) is 2.86. The van der Waals surface area contributed by atoms with E-state index in [2.05, 4.69) is 20.2 Å². The summed E-state index contributed by atoms with van der Waals surface area (Å²) >= 11 is 1.54. The Morgan fingerprint density at radius 1 is 1.36 bits per heavy atom. The largest absolute Gasteiger partial charge is 0.356 e. The molecule has 2 aliphatic heterocycles. The van der Waals surface area contributed by atoms with Crippen LogP contribution in [-0.4, -0.2) is 55.6 Å². The lowest BCUT2D eigenvalue weighted by molar-refractivity contribution is 0.400. The van der Waals surface area contributed by atoms with Crippen molar-refractivity contribution in [3.63, 3.8) is 0 Å². The Bertz CT molecular complexity index is 655. The molecule has 120 valence electrons. The van der Waals surface area contributed by atoms with Gasteiger partial charge in [-0.05, 0) is 25.2 Å². The van der Waals surface area contributed by atoms with Gasteiger partial charge in [-0.1, -0.05) is 17.8 Å². The second kappa shape index (κ2) is 6.55. The van der Waals surface area contributed by atoms with Crippen LogP contribution in [0.3, 0.4) is 0 Å². The zero-order chi connectivity index (χ0) is 15.6. The molecule has 2 aliphatic rings. The molecule has 1 aromatic rings. The molecule has 1 unspecified atom stereocenters. The molecule has 8 heteroatoms. The Labute approximate surface area is 135 Å². The van der Waals surface area contributed by atoms with E-state index in [0.29, 0.717) is 6.04 Å². The SMILES string of the molecule is CSc1nccc(N2CCC(NC3C=CS(=O)(=O)C3)CC2)n1. The molecule has 0 saturated carbocycles. The number of hydrogen-bond acceptors (Lipinski definition) is 7. The summed E-state index contributed by atoms with van der Waals surface area (Å²) in [5, 5.41) is 5.55. The Balaban J connectivity index is 1.53. The first-order chi connectivity index (χ1) is 10.6. The average Bonchev–Trinajstić information content (AvgIpc) is 2.87. The molecule has 3 rings (SSSR count). The third-order valence-corrected chi connectivity index (χ3v) is 5.96. The maximum absolute atomic E-state index is 11.4. The molecule has 1 atom stereocenters. The zero-order valence-electron chi connectivity index (χ0n) is 12.5. The normalized spacial score (nSPS) is 24.8. The van der Waals surface area contributed by atoms with Gasteiger partial charge in [0.15, 0.2) is 15.0 Å². The highest BCUT2D eigenvalue weighted by atomic mass is 32.2. The number of sulfone groups is 1. The highest BCUT2D eigenvalue weighted by Crippen LogP contribution is 2.20. The predicted octanol–water partition coefficient (Wildman–Crippen LogP) is 1.07. The minimum absolute atomic E-state index is 0.0382. The summed E-state index contributed by atoms with van der Waals surface area (Å²) in [5.74, 6) is 1.16. The van der Waals surface area contributed by atoms with Gasteiger partial charge in [0.05, 0.1) is 5.75 Å². The maximum atomic E-state index is 11.4. The Kier molecular flexibility index (Phi) is 4.70. The van der Waals surface area contributed by atoms with E-state index in [1.807, 2.05) is 12.3 Å². The first-order valence-corrected chi connectivity index (χ1v) is 10.3. The van der Waals surface area contributed by atoms with Crippen LogP contribution in [-0.2, 0) is 9.84 Å². The van der Waals surface area contributed by atoms with Gasteiger partial charge in [-0.25, -0.2) is 18.4 Å². The average molecular weight is 340 g/mol. The zero-order valence-corrected chi connectivity index (χ0v) is 14.1. The van der Waals surface area contributed by atoms with Crippen LogP contribution < -0.4 is 10.2 Å². The Hall–Kier alpha value is -1.12. The number of anilines is 1. The van der Waals surface area contributed by atoms with Crippen molar-refractivity contribution in [2.75, 3.05) is 30.0 Å². The molecule has 3 heterocycles. The van der Waals surface area contributed by atoms with Gasteiger partial charge < -0.3 is 10.2 Å². The van der Waals surface area contributed by atoms with Gasteiger partial charge in [-0.2, -0.15) is 0 Å². The van der Waals surface area contributed by atoms with Crippen molar-refractivity contribution in [3.05, 3.63) is 23.7 Å². The molecule has 0 aliphatic carbocycles. The standard InChI is InChI=1S/C14H20N4O2S2/c1-21-14-15-6-2-13(17-14)18-7-3-11(4-8-18)16-12-5-9-22(19,20)10-12/h2,5-6,9,11-12,16H,3-4,7-8,10H2,1H3. The third kappa shape index (κ3) is 3.80. The number of nitrogens with zero attached hydrogens (tertiary/aromatic N) is 3. The lowest BCUT2D eigenvalue weighted by Crippen LogP contribution is -2.46. The summed E-state index contributed by atoms with van der Waals surface area (Å²) in [7, 11) is -2.98. The Morgan fingerprint density at radius 2 is 2.14 bits per heavy atom. The number of hydrogen-bond donors (Lipinski definition) is 1. The van der Waals surface area contributed by atoms with Gasteiger partial charge in [0, 0.05) is 36.8 Å². The van der Waals surface area contributed by atoms with E-state index in [0.717, 1.165) is 36.9 Å². The lowest BCUT2D eigenvalue weighted by atomic mass is 10.0. The van der Waals surface area contributed by atoms with Crippen molar-refractivity contribution >= 4 is 27.4 Å². The lowest BCUT2D eigenvalue weighted by Gasteiger charge is -2.34. The fraction of sp³-hybridized carbons (Fsp3) is 0.571. The van der Waals surface area contributed by atoms with E-state index >= 15 is 0 Å². The highest BCUT2D eigenvalue weighted by molar-refractivity contribution is 7.98. The number of rotatable bonds is 4. The maximum Gasteiger partial charge on any atom is 0.189 e. The van der Waals surface area contributed by atoms with Crippen LogP contribution in [0.5, 0.6) is 0 Å². The van der Waals surface area contributed by atoms with E-state index in [1.165, 1.54) is 5.41 Å². The third-order valence-electron chi connectivity index (χ3n) is 4.00. The van der Waals surface area contributed by atoms with E-state index in [9.17, 15) is 8.42 Å². The fourth-order valence-corrected chi connectivity index (χ4v) is 4.46. The second-order valence-electron chi connectivity index (χ2n) is 5.59. The van der Waals surface area contributed by atoms with E-state index in [4.69, 9.17) is 0 Å². The number of thioether (sulfide) groups is 1. The van der Waals surface area contributed by atoms with Crippen LogP contribution in [0.25, 0.3) is 0 Å². The van der Waals surface area contributed by atoms with E-state index < -0.39 is 9.84 Å². The van der Waals surface area contributed by atoms with Gasteiger partial charge >= 0.3 is 0 Å². The monoisotopic (exact) mass is 340 g/mol. The van der Waals surface area contributed by atoms with Gasteiger partial charge in [0.25, 0.3) is 0 Å². The minimum Gasteiger partial charge on any atom is -0.356 e. The van der Waals surface area contributed by atoms with Crippen LogP contribution >= 0.6 is 11.8 Å². The molecular formula is C14H20N4O2S2. The van der Waals surface area contributed by atoms with Crippen molar-refractivity contribution in [1.82, 2.24) is 15.3 Å². The topological polar surface area (TPSA) is 75.2 Å². The minimum atomic E-state index is -2.98. The summed E-state index contributed by atoms with van der Waals surface area (Å²) in [6.07, 6.45) is 7.51. The van der Waals surface area contributed by atoms with Crippen molar-refractivity contribution in [2.24, 2.45) is 0 Å². The van der Waals surface area contributed by atoms with Crippen molar-refractivity contribution < 1.29 is 8.42 Å². The summed E-state index contributed by atoms with van der Waals surface area (Å²) in [5.41, 5.74) is 0. The van der Waals surface area contributed by atoms with Crippen molar-refractivity contribution in [3.8, 4) is 0 Å². The summed E-state index contributed by atoms with van der Waals surface area (Å²) in [6.45, 7) is 1.84. The van der Waals surface area contributed by atoms with Gasteiger partial charge in [-0.3, -0.25) is 0 Å². The van der Waals surface area contributed by atoms with Crippen molar-refractivity contribution in [1.29, 1.82) is 0 Å². The molecule has 6 nitrogen and oxygen atoms in total. The van der Waals surface area contributed by atoms with E-state index in [1.54, 1.807) is 24.0 Å². The molecule has 0 amide bonds. The first-order valence-electron chi connectivity index (χ1n) is 7.35. The number of aromatic nitrogens is 2. The molecule has 0 radical (unpaired) electrons. The van der Waals surface area contributed by atoms with Gasteiger partial charge in [0.2, 0.25) is 0 Å². The summed E-state index contributed by atoms with van der Waals surface area (Å²) in [4.78, 5) is 11.0. The predicted molar refractivity (Wildman–Crippen MR) is 88.9 cm³/mol. The molecular weight excluding hydrogens is 320 g/mol. The molecule has 1 saturated heterocycles. The highest BCUT2D eigenvalue weighted by Gasteiger charge is 2.26. The van der Waals surface area contributed by atoms with Crippen LogP contribution in [0.15, 0.2) is 28.9 Å². The Morgan fingerprint density at radius 3 is 2.77 bits per heavy atom. The molecule has 1 fully saturated rings. The van der Waals surface area contributed by atoms with Crippen LogP contribution in [0.2, 0.25) is 0 Å². The van der Waals surface area contributed by atoms with Gasteiger partial charge in [-0.15, -0.1) is 0 Å². The summed E-state index contributed by atoms with van der Waals surface area (Å²) in [6, 6.07) is 2.27. The molecule has 22 heavy (non-hydrogen) atoms. The molecule has 0 aromatic carbocycles. The smallest absolute Gasteiger partial charge is 0.189 e. The second-order valence-corrected chi connectivity index (χ2v) is 8.30. The molecule has 1 N–H and O–H groups in total. The number of piperidine rings is 1. The van der Waals surface area contributed by atoms with Crippen LogP contribution in [0, 0.1) is 0 Å². The molecule has 0 bridgehead atoms. The summed E-state index contributed by atoms with van der Waals surface area (Å²) < 4.78 is 22.9. The van der Waals surface area contributed by atoms with Crippen LogP contribution in [0.1, 0.15) is 12.8 Å². The van der Waals surface area contributed by atoms with Crippen molar-refractivity contribution in [2.45, 2.75) is 30.1 Å². The van der Waals surface area contributed by atoms with Crippen LogP contribution in [0.4, 0.5) is 5.82 Å². The quantitative estimate of drug-likeness (QED) is 0.649. The van der Waals surface area contributed by atoms with E-state index in [-0.39, 0.29) is 11.8 Å². The molecule has 1 aromatic heterocycles. The first kappa shape index (κ1) is 15.8.